The lowest BCUT2D eigenvalue weighted by Crippen LogP contribution is -2.00. The summed E-state index contributed by atoms with van der Waals surface area (Å²) in [4.78, 5) is 12.3. The summed E-state index contributed by atoms with van der Waals surface area (Å²) in [7, 11) is 0. The summed E-state index contributed by atoms with van der Waals surface area (Å²) >= 11 is 10.7. The second-order valence-electron chi connectivity index (χ2n) is 3.97. The number of anilines is 1. The number of hydrogen-bond acceptors (Lipinski definition) is 3. The molecule has 2 aromatic rings. The maximum atomic E-state index is 10.9. The molecule has 0 amide bonds. The topological polar surface area (TPSA) is 49.3 Å². The van der Waals surface area contributed by atoms with Gasteiger partial charge in [-0.1, -0.05) is 27.5 Å². The minimum absolute atomic E-state index is 0.358. The zero-order chi connectivity index (χ0) is 14.0. The lowest BCUT2D eigenvalue weighted by atomic mass is 10.2. The van der Waals surface area contributed by atoms with Crippen molar-refractivity contribution < 1.29 is 9.90 Å². The van der Waals surface area contributed by atoms with Crippen molar-refractivity contribution in [3.8, 4) is 0 Å². The second-order valence-corrected chi connectivity index (χ2v) is 6.55. The zero-order valence-electron chi connectivity index (χ0n) is 10.0. The predicted molar refractivity (Wildman–Crippen MR) is 82.5 cm³/mol. The molecule has 0 aliphatic rings. The van der Waals surface area contributed by atoms with Gasteiger partial charge in [0.2, 0.25) is 0 Å². The van der Waals surface area contributed by atoms with Gasteiger partial charge in [0.1, 0.15) is 4.88 Å². The molecule has 0 radical (unpaired) electrons. The summed E-state index contributed by atoms with van der Waals surface area (Å²) in [6, 6.07) is 7.29. The van der Waals surface area contributed by atoms with Crippen molar-refractivity contribution in [2.75, 3.05) is 5.32 Å². The molecular formula is C13H11BrClNO2S. The molecule has 3 nitrogen and oxygen atoms in total. The number of thiophene rings is 1. The van der Waals surface area contributed by atoms with Crippen LogP contribution in [-0.2, 0) is 6.54 Å². The van der Waals surface area contributed by atoms with Gasteiger partial charge in [0.25, 0.3) is 0 Å². The number of aromatic carboxylic acids is 1. The quantitative estimate of drug-likeness (QED) is 0.824. The maximum Gasteiger partial charge on any atom is 0.345 e. The van der Waals surface area contributed by atoms with Gasteiger partial charge < -0.3 is 10.4 Å². The van der Waals surface area contributed by atoms with Crippen LogP contribution in [0.25, 0.3) is 0 Å². The molecule has 0 spiro atoms. The highest BCUT2D eigenvalue weighted by Crippen LogP contribution is 2.27. The van der Waals surface area contributed by atoms with E-state index in [1.807, 2.05) is 25.1 Å². The van der Waals surface area contributed by atoms with Crippen LogP contribution in [0.5, 0.6) is 0 Å². The second kappa shape index (κ2) is 5.94. The summed E-state index contributed by atoms with van der Waals surface area (Å²) in [5.74, 6) is -0.888. The van der Waals surface area contributed by atoms with E-state index < -0.39 is 5.97 Å². The van der Waals surface area contributed by atoms with E-state index in [1.54, 1.807) is 6.07 Å². The molecule has 0 saturated carbocycles. The molecule has 0 fully saturated rings. The van der Waals surface area contributed by atoms with E-state index in [2.05, 4.69) is 21.2 Å². The predicted octanol–water partition coefficient (Wildman–Crippen LogP) is 4.78. The van der Waals surface area contributed by atoms with Crippen LogP contribution in [0.3, 0.4) is 0 Å². The van der Waals surface area contributed by atoms with Crippen LogP contribution in [0.15, 0.2) is 28.7 Å². The fourth-order valence-electron chi connectivity index (χ4n) is 1.62. The van der Waals surface area contributed by atoms with Gasteiger partial charge in [-0.25, -0.2) is 4.79 Å². The molecular weight excluding hydrogens is 350 g/mol. The van der Waals surface area contributed by atoms with Crippen LogP contribution in [0, 0.1) is 6.92 Å². The van der Waals surface area contributed by atoms with Gasteiger partial charge in [0.15, 0.2) is 0 Å². The molecule has 2 N–H and O–H groups in total. The lowest BCUT2D eigenvalue weighted by molar-refractivity contribution is 0.0702. The molecule has 0 unspecified atom stereocenters. The number of halogens is 2. The van der Waals surface area contributed by atoms with Gasteiger partial charge in [0, 0.05) is 15.9 Å². The van der Waals surface area contributed by atoms with Crippen molar-refractivity contribution in [3.63, 3.8) is 0 Å². The third-order valence-electron chi connectivity index (χ3n) is 2.63. The Bertz CT molecular complexity index is 627. The van der Waals surface area contributed by atoms with Gasteiger partial charge in [-0.2, -0.15) is 0 Å². The van der Waals surface area contributed by atoms with Gasteiger partial charge in [-0.3, -0.25) is 0 Å². The SMILES string of the molecule is Cc1sc(C(=O)O)cc1CNc1ccc(Br)cc1Cl. The number of aryl methyl sites for hydroxylation is 1. The first kappa shape index (κ1) is 14.4. The molecule has 0 aliphatic carbocycles. The molecule has 2 rings (SSSR count). The van der Waals surface area contributed by atoms with E-state index in [0.29, 0.717) is 16.4 Å². The number of rotatable bonds is 4. The first-order valence-electron chi connectivity index (χ1n) is 5.49. The average Bonchev–Trinajstić information content (AvgIpc) is 2.70. The summed E-state index contributed by atoms with van der Waals surface area (Å²) in [5, 5.41) is 12.8. The number of nitrogens with one attached hydrogen (secondary N) is 1. The van der Waals surface area contributed by atoms with Crippen LogP contribution in [-0.4, -0.2) is 11.1 Å². The molecule has 19 heavy (non-hydrogen) atoms. The highest BCUT2D eigenvalue weighted by atomic mass is 79.9. The molecule has 100 valence electrons. The van der Waals surface area contributed by atoms with Gasteiger partial charge in [-0.15, -0.1) is 11.3 Å². The van der Waals surface area contributed by atoms with Crippen LogP contribution in [0.2, 0.25) is 5.02 Å². The van der Waals surface area contributed by atoms with Gasteiger partial charge in [0.05, 0.1) is 10.7 Å². The zero-order valence-corrected chi connectivity index (χ0v) is 13.2. The number of hydrogen-bond donors (Lipinski definition) is 2. The largest absolute Gasteiger partial charge is 0.477 e. The highest BCUT2D eigenvalue weighted by Gasteiger charge is 2.11. The Hall–Kier alpha value is -1.04. The Morgan fingerprint density at radius 3 is 2.79 bits per heavy atom. The Morgan fingerprint density at radius 2 is 2.21 bits per heavy atom. The monoisotopic (exact) mass is 359 g/mol. The molecule has 0 bridgehead atoms. The summed E-state index contributed by atoms with van der Waals surface area (Å²) in [6.45, 7) is 2.47. The van der Waals surface area contributed by atoms with Crippen molar-refractivity contribution in [2.24, 2.45) is 0 Å². The molecule has 0 aliphatic heterocycles. The summed E-state index contributed by atoms with van der Waals surface area (Å²) in [6.07, 6.45) is 0. The Balaban J connectivity index is 2.12. The van der Waals surface area contributed by atoms with E-state index in [0.717, 1.165) is 20.6 Å². The number of carboxylic acid groups (broad SMARTS) is 1. The van der Waals surface area contributed by atoms with Crippen molar-refractivity contribution in [1.29, 1.82) is 0 Å². The number of carbonyl (C=O) groups is 1. The van der Waals surface area contributed by atoms with Crippen molar-refractivity contribution in [1.82, 2.24) is 0 Å². The van der Waals surface area contributed by atoms with E-state index in [-0.39, 0.29) is 0 Å². The third-order valence-corrected chi connectivity index (χ3v) is 4.52. The first-order chi connectivity index (χ1) is 8.97. The van der Waals surface area contributed by atoms with E-state index in [4.69, 9.17) is 16.7 Å². The lowest BCUT2D eigenvalue weighted by Gasteiger charge is -2.08. The number of carboxylic acids is 1. The van der Waals surface area contributed by atoms with Crippen LogP contribution in [0.4, 0.5) is 5.69 Å². The van der Waals surface area contributed by atoms with Crippen LogP contribution >= 0.6 is 38.9 Å². The Kier molecular flexibility index (Phi) is 4.50. The van der Waals surface area contributed by atoms with Gasteiger partial charge >= 0.3 is 5.97 Å². The standard InChI is InChI=1S/C13H11BrClNO2S/c1-7-8(4-12(19-7)13(17)18)6-16-11-3-2-9(14)5-10(11)15/h2-5,16H,6H2,1H3,(H,17,18). The van der Waals surface area contributed by atoms with Gasteiger partial charge in [-0.05, 0) is 36.8 Å². The van der Waals surface area contributed by atoms with Crippen molar-refractivity contribution in [2.45, 2.75) is 13.5 Å². The first-order valence-corrected chi connectivity index (χ1v) is 7.47. The summed E-state index contributed by atoms with van der Waals surface area (Å²) in [5.41, 5.74) is 1.80. The van der Waals surface area contributed by atoms with E-state index >= 15 is 0 Å². The number of benzene rings is 1. The fourth-order valence-corrected chi connectivity index (χ4v) is 3.24. The Labute approximate surface area is 128 Å². The van der Waals surface area contributed by atoms with E-state index in [1.165, 1.54) is 11.3 Å². The Morgan fingerprint density at radius 1 is 1.47 bits per heavy atom. The summed E-state index contributed by atoms with van der Waals surface area (Å²) < 4.78 is 0.919. The minimum Gasteiger partial charge on any atom is -0.477 e. The third kappa shape index (κ3) is 3.49. The molecule has 6 heteroatoms. The van der Waals surface area contributed by atoms with Crippen LogP contribution in [0.1, 0.15) is 20.1 Å². The minimum atomic E-state index is -0.888. The van der Waals surface area contributed by atoms with Crippen molar-refractivity contribution >= 4 is 50.5 Å². The average molecular weight is 361 g/mol. The van der Waals surface area contributed by atoms with Crippen molar-refractivity contribution in [3.05, 3.63) is 49.1 Å². The molecule has 1 heterocycles. The molecule has 0 atom stereocenters. The maximum absolute atomic E-state index is 10.9. The van der Waals surface area contributed by atoms with E-state index in [9.17, 15) is 4.79 Å². The smallest absolute Gasteiger partial charge is 0.345 e. The normalized spacial score (nSPS) is 10.5. The van der Waals surface area contributed by atoms with Crippen LogP contribution < -0.4 is 5.32 Å². The molecule has 0 saturated heterocycles. The molecule has 1 aromatic carbocycles. The molecule has 1 aromatic heterocycles. The highest BCUT2D eigenvalue weighted by molar-refractivity contribution is 9.10. The fraction of sp³-hybridized carbons (Fsp3) is 0.154.